The van der Waals surface area contributed by atoms with Crippen molar-refractivity contribution >= 4 is 10.1 Å². The van der Waals surface area contributed by atoms with E-state index >= 15 is 0 Å². The summed E-state index contributed by atoms with van der Waals surface area (Å²) in [5, 5.41) is 9.16. The average molecular weight is 401 g/mol. The van der Waals surface area contributed by atoms with Crippen LogP contribution in [0.1, 0.15) is 117 Å². The fraction of sp³-hybridized carbons (Fsp3) is 1.00. The summed E-state index contributed by atoms with van der Waals surface area (Å²) in [6.07, 6.45) is 15.0. The van der Waals surface area contributed by atoms with Crippen LogP contribution >= 0.6 is 0 Å². The zero-order valence-electron chi connectivity index (χ0n) is 17.5. The van der Waals surface area contributed by atoms with Crippen molar-refractivity contribution in [2.45, 2.75) is 128 Å². The van der Waals surface area contributed by atoms with Crippen LogP contribution in [0.15, 0.2) is 0 Å². The SMILES string of the molecule is CCCCCCCCCCC(CCC(O)CCCCCC)S(=O)(=O)[O-].[Na+]. The minimum absolute atomic E-state index is 0. The van der Waals surface area contributed by atoms with Crippen LogP contribution in [0.5, 0.6) is 0 Å². The number of hydrogen-bond donors (Lipinski definition) is 1. The number of hydrogen-bond acceptors (Lipinski definition) is 4. The molecular formula is C20H41NaO4S. The van der Waals surface area contributed by atoms with Gasteiger partial charge in [0.05, 0.1) is 16.2 Å². The molecule has 0 fully saturated rings. The first-order valence-electron chi connectivity index (χ1n) is 10.5. The first-order chi connectivity index (χ1) is 11.9. The minimum atomic E-state index is -4.26. The van der Waals surface area contributed by atoms with Gasteiger partial charge in [0.25, 0.3) is 0 Å². The van der Waals surface area contributed by atoms with Crippen LogP contribution in [0, 0.1) is 0 Å². The average Bonchev–Trinajstić information content (AvgIpc) is 2.55. The largest absolute Gasteiger partial charge is 1.00 e. The summed E-state index contributed by atoms with van der Waals surface area (Å²) in [5.41, 5.74) is 0. The third kappa shape index (κ3) is 18.2. The number of aliphatic hydroxyl groups is 1. The predicted molar refractivity (Wildman–Crippen MR) is 105 cm³/mol. The van der Waals surface area contributed by atoms with E-state index in [0.29, 0.717) is 25.7 Å². The van der Waals surface area contributed by atoms with E-state index in [2.05, 4.69) is 13.8 Å². The molecule has 0 rings (SSSR count). The molecule has 2 atom stereocenters. The van der Waals surface area contributed by atoms with Gasteiger partial charge in [0.2, 0.25) is 0 Å². The summed E-state index contributed by atoms with van der Waals surface area (Å²) in [6.45, 7) is 4.34. The summed E-state index contributed by atoms with van der Waals surface area (Å²) >= 11 is 0. The molecule has 0 saturated carbocycles. The van der Waals surface area contributed by atoms with Crippen molar-refractivity contribution in [3.8, 4) is 0 Å². The maximum absolute atomic E-state index is 11.4. The van der Waals surface area contributed by atoms with Gasteiger partial charge in [-0.1, -0.05) is 90.9 Å². The summed E-state index contributed by atoms with van der Waals surface area (Å²) in [4.78, 5) is 0. The predicted octanol–water partition coefficient (Wildman–Crippen LogP) is 2.55. The molecule has 0 saturated heterocycles. The second-order valence-electron chi connectivity index (χ2n) is 7.46. The van der Waals surface area contributed by atoms with Crippen molar-refractivity contribution in [3.63, 3.8) is 0 Å². The van der Waals surface area contributed by atoms with Gasteiger partial charge < -0.3 is 9.66 Å². The molecule has 1 N–H and O–H groups in total. The van der Waals surface area contributed by atoms with Gasteiger partial charge in [-0.05, 0) is 25.7 Å². The monoisotopic (exact) mass is 400 g/mol. The summed E-state index contributed by atoms with van der Waals surface area (Å²) in [5.74, 6) is 0. The van der Waals surface area contributed by atoms with Gasteiger partial charge in [-0.15, -0.1) is 0 Å². The first-order valence-corrected chi connectivity index (χ1v) is 12.0. The summed E-state index contributed by atoms with van der Waals surface area (Å²) in [6, 6.07) is 0. The normalized spacial score (nSPS) is 14.0. The van der Waals surface area contributed by atoms with Crippen LogP contribution in [0.25, 0.3) is 0 Å². The summed E-state index contributed by atoms with van der Waals surface area (Å²) in [7, 11) is -4.26. The molecule has 0 aromatic rings. The first kappa shape index (κ1) is 29.1. The molecule has 0 aliphatic rings. The molecular weight excluding hydrogens is 359 g/mol. The Morgan fingerprint density at radius 1 is 0.692 bits per heavy atom. The van der Waals surface area contributed by atoms with Gasteiger partial charge in [0, 0.05) is 5.25 Å². The van der Waals surface area contributed by atoms with E-state index < -0.39 is 21.5 Å². The van der Waals surface area contributed by atoms with Crippen LogP contribution in [-0.4, -0.2) is 29.4 Å². The Balaban J connectivity index is 0. The molecule has 152 valence electrons. The van der Waals surface area contributed by atoms with Gasteiger partial charge in [-0.2, -0.15) is 0 Å². The maximum Gasteiger partial charge on any atom is 1.00 e. The molecule has 0 radical (unpaired) electrons. The number of rotatable bonds is 18. The van der Waals surface area contributed by atoms with Gasteiger partial charge in [0.15, 0.2) is 0 Å². The van der Waals surface area contributed by atoms with Crippen LogP contribution in [0.4, 0.5) is 0 Å². The zero-order chi connectivity index (χ0) is 19.0. The topological polar surface area (TPSA) is 77.4 Å². The third-order valence-electron chi connectivity index (χ3n) is 5.00. The fourth-order valence-electron chi connectivity index (χ4n) is 3.27. The second-order valence-corrected chi connectivity index (χ2v) is 9.11. The molecule has 0 aliphatic heterocycles. The Morgan fingerprint density at radius 2 is 1.12 bits per heavy atom. The smallest absolute Gasteiger partial charge is 0.748 e. The van der Waals surface area contributed by atoms with E-state index in [9.17, 15) is 18.1 Å². The number of unbranched alkanes of at least 4 members (excludes halogenated alkanes) is 10. The number of aliphatic hydroxyl groups excluding tert-OH is 1. The molecule has 26 heavy (non-hydrogen) atoms. The Bertz CT molecular complexity index is 387. The fourth-order valence-corrected chi connectivity index (χ4v) is 4.15. The van der Waals surface area contributed by atoms with E-state index in [-0.39, 0.29) is 29.6 Å². The molecule has 0 heterocycles. The minimum Gasteiger partial charge on any atom is -0.748 e. The van der Waals surface area contributed by atoms with Gasteiger partial charge >= 0.3 is 29.6 Å². The molecule has 0 bridgehead atoms. The van der Waals surface area contributed by atoms with E-state index in [4.69, 9.17) is 0 Å². The molecule has 4 nitrogen and oxygen atoms in total. The van der Waals surface area contributed by atoms with E-state index in [1.807, 2.05) is 0 Å². The third-order valence-corrected chi connectivity index (χ3v) is 6.29. The standard InChI is InChI=1S/C20H42O4S.Na/c1-3-5-7-9-10-11-12-14-16-20(25(22,23)24)18-17-19(21)15-13-8-6-4-2;/h19-21H,3-18H2,1-2H3,(H,22,23,24);/q;+1/p-1. The van der Waals surface area contributed by atoms with Crippen LogP contribution < -0.4 is 29.6 Å². The Kier molecular flexibility index (Phi) is 21.5. The summed E-state index contributed by atoms with van der Waals surface area (Å²) < 4.78 is 34.3. The molecule has 0 aliphatic carbocycles. The van der Waals surface area contributed by atoms with Gasteiger partial charge in [-0.25, -0.2) is 8.42 Å². The zero-order valence-corrected chi connectivity index (χ0v) is 20.4. The Labute approximate surface area is 185 Å². The molecule has 0 aromatic heterocycles. The van der Waals surface area contributed by atoms with Crippen molar-refractivity contribution in [2.24, 2.45) is 0 Å². The van der Waals surface area contributed by atoms with Crippen molar-refractivity contribution < 1.29 is 47.6 Å². The van der Waals surface area contributed by atoms with Crippen LogP contribution in [0.3, 0.4) is 0 Å². The van der Waals surface area contributed by atoms with E-state index in [1.54, 1.807) is 0 Å². The van der Waals surface area contributed by atoms with Crippen LogP contribution in [-0.2, 0) is 10.1 Å². The molecule has 0 amide bonds. The Morgan fingerprint density at radius 3 is 1.62 bits per heavy atom. The van der Waals surface area contributed by atoms with Gasteiger partial charge in [-0.3, -0.25) is 0 Å². The van der Waals surface area contributed by atoms with E-state index in [0.717, 1.165) is 38.5 Å². The molecule has 0 spiro atoms. The quantitative estimate of drug-likeness (QED) is 0.218. The Hall–Kier alpha value is 0.870. The molecule has 6 heteroatoms. The van der Waals surface area contributed by atoms with E-state index in [1.165, 1.54) is 38.5 Å². The van der Waals surface area contributed by atoms with Crippen molar-refractivity contribution in [2.75, 3.05) is 0 Å². The molecule has 2 unspecified atom stereocenters. The van der Waals surface area contributed by atoms with Crippen molar-refractivity contribution in [3.05, 3.63) is 0 Å². The van der Waals surface area contributed by atoms with Crippen LogP contribution in [0.2, 0.25) is 0 Å². The second kappa shape index (κ2) is 19.2. The maximum atomic E-state index is 11.4. The van der Waals surface area contributed by atoms with Gasteiger partial charge in [0.1, 0.15) is 0 Å². The molecule has 0 aromatic carbocycles. The van der Waals surface area contributed by atoms with Crippen molar-refractivity contribution in [1.29, 1.82) is 0 Å². The van der Waals surface area contributed by atoms with Crippen molar-refractivity contribution in [1.82, 2.24) is 0 Å².